The molecule has 112 valence electrons. The van der Waals surface area contributed by atoms with E-state index in [1.54, 1.807) is 6.07 Å². The Hall–Kier alpha value is -2.16. The van der Waals surface area contributed by atoms with E-state index in [0.717, 1.165) is 29.0 Å². The summed E-state index contributed by atoms with van der Waals surface area (Å²) < 4.78 is 5.75. The fraction of sp³-hybridized carbons (Fsp3) is 0.333. The highest BCUT2D eigenvalue weighted by Crippen LogP contribution is 2.31. The molecule has 3 nitrogen and oxygen atoms in total. The molecule has 0 amide bonds. The summed E-state index contributed by atoms with van der Waals surface area (Å²) in [6.45, 7) is 6.84. The minimum absolute atomic E-state index is 0.00345. The van der Waals surface area contributed by atoms with Crippen LogP contribution in [0, 0.1) is 6.92 Å². The smallest absolute Gasteiger partial charge is 0.142 e. The summed E-state index contributed by atoms with van der Waals surface area (Å²) in [5.74, 6) is 1.16. The lowest BCUT2D eigenvalue weighted by Gasteiger charge is -2.19. The highest BCUT2D eigenvalue weighted by atomic mass is 16.5. The zero-order valence-electron chi connectivity index (χ0n) is 12.9. The van der Waals surface area contributed by atoms with Crippen molar-refractivity contribution in [3.63, 3.8) is 0 Å². The molecule has 0 aliphatic rings. The van der Waals surface area contributed by atoms with Crippen LogP contribution in [-0.4, -0.2) is 11.7 Å². The fourth-order valence-corrected chi connectivity index (χ4v) is 2.26. The standard InChI is InChI=1S/C18H23NO2/c1-4-11-21-18-8-6-5-7-16(18)19-14(3)15-12-13(2)9-10-17(15)20/h5-10,12,14,19-20H,4,11H2,1-3H3. The van der Waals surface area contributed by atoms with Crippen molar-refractivity contribution in [2.24, 2.45) is 0 Å². The Bertz CT molecular complexity index is 596. The number of rotatable bonds is 6. The van der Waals surface area contributed by atoms with Gasteiger partial charge in [-0.15, -0.1) is 0 Å². The van der Waals surface area contributed by atoms with Crippen molar-refractivity contribution >= 4 is 5.69 Å². The number of anilines is 1. The molecular formula is C18H23NO2. The molecule has 2 N–H and O–H groups in total. The number of phenols is 1. The van der Waals surface area contributed by atoms with Crippen LogP contribution >= 0.6 is 0 Å². The maximum atomic E-state index is 10.0. The van der Waals surface area contributed by atoms with E-state index >= 15 is 0 Å². The molecule has 0 saturated carbocycles. The second-order valence-electron chi connectivity index (χ2n) is 5.27. The van der Waals surface area contributed by atoms with Gasteiger partial charge in [0, 0.05) is 5.56 Å². The Morgan fingerprint density at radius 3 is 2.71 bits per heavy atom. The molecule has 2 aromatic rings. The second kappa shape index (κ2) is 7.02. The van der Waals surface area contributed by atoms with Gasteiger partial charge in [0.1, 0.15) is 11.5 Å². The number of benzene rings is 2. The third-order valence-corrected chi connectivity index (χ3v) is 3.37. The summed E-state index contributed by atoms with van der Waals surface area (Å²) in [4.78, 5) is 0. The zero-order chi connectivity index (χ0) is 15.2. The Kier molecular flexibility index (Phi) is 5.09. The van der Waals surface area contributed by atoms with Gasteiger partial charge in [-0.1, -0.05) is 36.8 Å². The SMILES string of the molecule is CCCOc1ccccc1NC(C)c1cc(C)ccc1O. The van der Waals surface area contributed by atoms with Crippen molar-refractivity contribution in [3.8, 4) is 11.5 Å². The van der Waals surface area contributed by atoms with Crippen molar-refractivity contribution in [3.05, 3.63) is 53.6 Å². The largest absolute Gasteiger partial charge is 0.508 e. The van der Waals surface area contributed by atoms with Gasteiger partial charge in [0.2, 0.25) is 0 Å². The second-order valence-corrected chi connectivity index (χ2v) is 5.27. The predicted octanol–water partition coefficient (Wildman–Crippen LogP) is 4.66. The van der Waals surface area contributed by atoms with Gasteiger partial charge in [0.25, 0.3) is 0 Å². The molecule has 0 aromatic heterocycles. The quantitative estimate of drug-likeness (QED) is 0.811. The van der Waals surface area contributed by atoms with E-state index in [-0.39, 0.29) is 6.04 Å². The normalized spacial score (nSPS) is 12.0. The molecular weight excluding hydrogens is 262 g/mol. The molecule has 0 aliphatic carbocycles. The molecule has 2 aromatic carbocycles. The summed E-state index contributed by atoms with van der Waals surface area (Å²) in [6.07, 6.45) is 0.975. The van der Waals surface area contributed by atoms with Gasteiger partial charge in [0.05, 0.1) is 18.3 Å². The summed E-state index contributed by atoms with van der Waals surface area (Å²) in [5.41, 5.74) is 2.96. The zero-order valence-corrected chi connectivity index (χ0v) is 12.9. The molecule has 0 radical (unpaired) electrons. The molecule has 0 aliphatic heterocycles. The van der Waals surface area contributed by atoms with E-state index in [2.05, 4.69) is 12.2 Å². The number of ether oxygens (including phenoxy) is 1. The van der Waals surface area contributed by atoms with Crippen molar-refractivity contribution in [2.75, 3.05) is 11.9 Å². The highest BCUT2D eigenvalue weighted by molar-refractivity contribution is 5.58. The average Bonchev–Trinajstić information content (AvgIpc) is 2.48. The summed E-state index contributed by atoms with van der Waals surface area (Å²) >= 11 is 0. The number of aromatic hydroxyl groups is 1. The first kappa shape index (κ1) is 15.2. The first-order valence-corrected chi connectivity index (χ1v) is 7.39. The van der Waals surface area contributed by atoms with Gasteiger partial charge in [-0.3, -0.25) is 0 Å². The van der Waals surface area contributed by atoms with Gasteiger partial charge in [-0.25, -0.2) is 0 Å². The highest BCUT2D eigenvalue weighted by Gasteiger charge is 2.12. The predicted molar refractivity (Wildman–Crippen MR) is 87.1 cm³/mol. The maximum Gasteiger partial charge on any atom is 0.142 e. The molecule has 0 fully saturated rings. The minimum atomic E-state index is -0.00345. The molecule has 1 atom stereocenters. The molecule has 0 heterocycles. The first-order chi connectivity index (χ1) is 10.1. The van der Waals surface area contributed by atoms with Crippen LogP contribution in [0.4, 0.5) is 5.69 Å². The van der Waals surface area contributed by atoms with Crippen LogP contribution in [-0.2, 0) is 0 Å². The van der Waals surface area contributed by atoms with E-state index in [0.29, 0.717) is 12.4 Å². The van der Waals surface area contributed by atoms with Crippen LogP contribution in [0.15, 0.2) is 42.5 Å². The lowest BCUT2D eigenvalue weighted by Crippen LogP contribution is -2.09. The number of hydrogen-bond acceptors (Lipinski definition) is 3. The van der Waals surface area contributed by atoms with Crippen molar-refractivity contribution in [1.29, 1.82) is 0 Å². The van der Waals surface area contributed by atoms with Crippen molar-refractivity contribution in [1.82, 2.24) is 0 Å². The molecule has 2 rings (SSSR count). The fourth-order valence-electron chi connectivity index (χ4n) is 2.26. The average molecular weight is 285 g/mol. The Labute approximate surface area is 126 Å². The van der Waals surface area contributed by atoms with Gasteiger partial charge in [-0.05, 0) is 38.5 Å². The Morgan fingerprint density at radius 2 is 1.95 bits per heavy atom. The third-order valence-electron chi connectivity index (χ3n) is 3.37. The van der Waals surface area contributed by atoms with Crippen molar-refractivity contribution in [2.45, 2.75) is 33.2 Å². The number of nitrogens with one attached hydrogen (secondary N) is 1. The van der Waals surface area contributed by atoms with E-state index in [1.807, 2.05) is 50.2 Å². The van der Waals surface area contributed by atoms with Crippen LogP contribution in [0.5, 0.6) is 11.5 Å². The van der Waals surface area contributed by atoms with E-state index in [9.17, 15) is 5.11 Å². The van der Waals surface area contributed by atoms with E-state index in [4.69, 9.17) is 4.74 Å². The van der Waals surface area contributed by atoms with Crippen LogP contribution in [0.1, 0.15) is 37.4 Å². The topological polar surface area (TPSA) is 41.5 Å². The van der Waals surface area contributed by atoms with Gasteiger partial charge in [-0.2, -0.15) is 0 Å². The molecule has 3 heteroatoms. The summed E-state index contributed by atoms with van der Waals surface area (Å²) in [5, 5.41) is 13.4. The lowest BCUT2D eigenvalue weighted by atomic mass is 10.0. The van der Waals surface area contributed by atoms with Crippen LogP contribution in [0.25, 0.3) is 0 Å². The molecule has 1 unspecified atom stereocenters. The number of aryl methyl sites for hydroxylation is 1. The van der Waals surface area contributed by atoms with Gasteiger partial charge < -0.3 is 15.2 Å². The Balaban J connectivity index is 2.19. The summed E-state index contributed by atoms with van der Waals surface area (Å²) in [6, 6.07) is 13.5. The summed E-state index contributed by atoms with van der Waals surface area (Å²) in [7, 11) is 0. The van der Waals surface area contributed by atoms with Crippen molar-refractivity contribution < 1.29 is 9.84 Å². The molecule has 0 saturated heterocycles. The van der Waals surface area contributed by atoms with E-state index in [1.165, 1.54) is 0 Å². The molecule has 0 bridgehead atoms. The maximum absolute atomic E-state index is 10.0. The van der Waals surface area contributed by atoms with Gasteiger partial charge in [0.15, 0.2) is 0 Å². The lowest BCUT2D eigenvalue weighted by molar-refractivity contribution is 0.318. The van der Waals surface area contributed by atoms with Gasteiger partial charge >= 0.3 is 0 Å². The van der Waals surface area contributed by atoms with Crippen LogP contribution < -0.4 is 10.1 Å². The van der Waals surface area contributed by atoms with E-state index < -0.39 is 0 Å². The number of hydrogen-bond donors (Lipinski definition) is 2. The third kappa shape index (κ3) is 3.91. The van der Waals surface area contributed by atoms with Crippen LogP contribution in [0.3, 0.4) is 0 Å². The molecule has 0 spiro atoms. The molecule has 21 heavy (non-hydrogen) atoms. The number of para-hydroxylation sites is 2. The monoisotopic (exact) mass is 285 g/mol. The Morgan fingerprint density at radius 1 is 1.19 bits per heavy atom. The minimum Gasteiger partial charge on any atom is -0.508 e. The van der Waals surface area contributed by atoms with Crippen LogP contribution in [0.2, 0.25) is 0 Å². The first-order valence-electron chi connectivity index (χ1n) is 7.39. The number of phenolic OH excluding ortho intramolecular Hbond substituents is 1.